The van der Waals surface area contributed by atoms with E-state index in [1.807, 2.05) is 24.3 Å². The molecule has 1 heterocycles. The molecule has 0 atom stereocenters. The Bertz CT molecular complexity index is 727. The molecule has 6 heteroatoms. The molecule has 0 spiro atoms. The van der Waals surface area contributed by atoms with Gasteiger partial charge in [0.15, 0.2) is 11.6 Å². The van der Waals surface area contributed by atoms with Crippen LogP contribution in [-0.2, 0) is 11.3 Å². The molecule has 6 nitrogen and oxygen atoms in total. The second kappa shape index (κ2) is 8.19. The minimum Gasteiger partial charge on any atom is -0.497 e. The van der Waals surface area contributed by atoms with E-state index < -0.39 is 0 Å². The largest absolute Gasteiger partial charge is 0.497 e. The van der Waals surface area contributed by atoms with Crippen LogP contribution in [-0.4, -0.2) is 28.6 Å². The number of anilines is 1. The van der Waals surface area contributed by atoms with Gasteiger partial charge < -0.3 is 10.1 Å². The van der Waals surface area contributed by atoms with Crippen molar-refractivity contribution in [2.75, 3.05) is 12.4 Å². The van der Waals surface area contributed by atoms with E-state index >= 15 is 0 Å². The summed E-state index contributed by atoms with van der Waals surface area (Å²) in [5.41, 5.74) is 1.92. The highest BCUT2D eigenvalue weighted by atomic mass is 16.5. The lowest BCUT2D eigenvalue weighted by molar-refractivity contribution is -0.117. The Morgan fingerprint density at radius 1 is 1.21 bits per heavy atom. The average Bonchev–Trinajstić information content (AvgIpc) is 2.60. The molecule has 2 rings (SSSR count). The van der Waals surface area contributed by atoms with Crippen LogP contribution in [0.3, 0.4) is 0 Å². The van der Waals surface area contributed by atoms with Crippen molar-refractivity contribution in [1.29, 1.82) is 0 Å². The summed E-state index contributed by atoms with van der Waals surface area (Å²) >= 11 is 0. The number of methoxy groups -OCH3 is 1. The molecule has 1 N–H and O–H groups in total. The Labute approximate surface area is 141 Å². The number of carbonyl (C=O) groups is 2. The van der Waals surface area contributed by atoms with Crippen molar-refractivity contribution in [2.45, 2.75) is 33.2 Å². The summed E-state index contributed by atoms with van der Waals surface area (Å²) in [6.45, 7) is 4.03. The van der Waals surface area contributed by atoms with Crippen molar-refractivity contribution in [3.8, 4) is 5.75 Å². The smallest absolute Gasteiger partial charge is 0.192 e. The second-order valence-electron chi connectivity index (χ2n) is 5.40. The second-order valence-corrected chi connectivity index (χ2v) is 5.40. The van der Waals surface area contributed by atoms with Gasteiger partial charge in [-0.1, -0.05) is 19.1 Å². The first kappa shape index (κ1) is 17.6. The van der Waals surface area contributed by atoms with Crippen molar-refractivity contribution in [1.82, 2.24) is 9.97 Å². The highest BCUT2D eigenvalue weighted by Crippen LogP contribution is 2.16. The van der Waals surface area contributed by atoms with E-state index in [0.29, 0.717) is 24.5 Å². The van der Waals surface area contributed by atoms with Gasteiger partial charge in [0, 0.05) is 19.2 Å². The van der Waals surface area contributed by atoms with Crippen molar-refractivity contribution in [3.63, 3.8) is 0 Å². The minimum absolute atomic E-state index is 0.108. The van der Waals surface area contributed by atoms with Gasteiger partial charge in [0.25, 0.3) is 0 Å². The number of rotatable bonds is 8. The summed E-state index contributed by atoms with van der Waals surface area (Å²) in [4.78, 5) is 32.3. The zero-order chi connectivity index (χ0) is 17.5. The Kier molecular flexibility index (Phi) is 6.01. The first-order valence-corrected chi connectivity index (χ1v) is 7.78. The van der Waals surface area contributed by atoms with E-state index in [1.165, 1.54) is 6.20 Å². The first-order valence-electron chi connectivity index (χ1n) is 7.78. The highest BCUT2D eigenvalue weighted by molar-refractivity contribution is 6.09. The predicted molar refractivity (Wildman–Crippen MR) is 91.3 cm³/mol. The number of benzene rings is 1. The van der Waals surface area contributed by atoms with Gasteiger partial charge in [-0.15, -0.1) is 0 Å². The molecule has 126 valence electrons. The van der Waals surface area contributed by atoms with Crippen molar-refractivity contribution in [3.05, 3.63) is 47.4 Å². The molecule has 0 aliphatic carbocycles. The SMILES string of the molecule is CCC(=O)CC(=O)c1ncc(C)nc1NCc1ccc(OC)cc1. The molecule has 0 unspecified atom stereocenters. The van der Waals surface area contributed by atoms with Crippen LogP contribution in [0.15, 0.2) is 30.5 Å². The Morgan fingerprint density at radius 2 is 1.92 bits per heavy atom. The molecule has 0 fully saturated rings. The van der Waals surface area contributed by atoms with Gasteiger partial charge in [-0.05, 0) is 24.6 Å². The summed E-state index contributed by atoms with van der Waals surface area (Å²) in [6.07, 6.45) is 1.72. The number of ketones is 2. The molecule has 0 bridgehead atoms. The van der Waals surface area contributed by atoms with E-state index in [9.17, 15) is 9.59 Å². The van der Waals surface area contributed by atoms with Crippen LogP contribution in [0.2, 0.25) is 0 Å². The number of Topliss-reactive ketones (excluding diaryl/α,β-unsaturated/α-hetero) is 2. The van der Waals surface area contributed by atoms with E-state index in [1.54, 1.807) is 21.0 Å². The fraction of sp³-hybridized carbons (Fsp3) is 0.333. The predicted octanol–water partition coefficient (Wildman–Crippen LogP) is 2.96. The molecule has 1 aromatic heterocycles. The summed E-state index contributed by atoms with van der Waals surface area (Å²) in [7, 11) is 1.62. The zero-order valence-corrected chi connectivity index (χ0v) is 14.1. The van der Waals surface area contributed by atoms with Crippen LogP contribution in [0.4, 0.5) is 5.82 Å². The van der Waals surface area contributed by atoms with Crippen LogP contribution < -0.4 is 10.1 Å². The maximum Gasteiger partial charge on any atom is 0.192 e. The summed E-state index contributed by atoms with van der Waals surface area (Å²) in [5.74, 6) is 0.762. The molecular formula is C18H21N3O3. The van der Waals surface area contributed by atoms with E-state index in [-0.39, 0.29) is 23.7 Å². The summed E-state index contributed by atoms with van der Waals surface area (Å²) in [5, 5.41) is 3.13. The molecule has 24 heavy (non-hydrogen) atoms. The number of hydrogen-bond acceptors (Lipinski definition) is 6. The Morgan fingerprint density at radius 3 is 2.54 bits per heavy atom. The molecule has 2 aromatic rings. The van der Waals surface area contributed by atoms with Crippen LogP contribution in [0.5, 0.6) is 5.75 Å². The van der Waals surface area contributed by atoms with E-state index in [0.717, 1.165) is 11.3 Å². The summed E-state index contributed by atoms with van der Waals surface area (Å²) < 4.78 is 5.13. The van der Waals surface area contributed by atoms with Gasteiger partial charge in [-0.25, -0.2) is 9.97 Å². The number of carbonyl (C=O) groups excluding carboxylic acids is 2. The third kappa shape index (κ3) is 4.62. The Balaban J connectivity index is 2.14. The molecule has 0 saturated carbocycles. The number of nitrogens with zero attached hydrogens (tertiary/aromatic N) is 2. The standard InChI is InChI=1S/C18H21N3O3/c1-4-14(22)9-16(23)17-18(21-12(2)10-19-17)20-11-13-5-7-15(24-3)8-6-13/h5-8,10H,4,9,11H2,1-3H3,(H,20,21). The molecule has 0 saturated heterocycles. The highest BCUT2D eigenvalue weighted by Gasteiger charge is 2.17. The average molecular weight is 327 g/mol. The molecule has 0 aliphatic rings. The number of hydrogen-bond donors (Lipinski definition) is 1. The van der Waals surface area contributed by atoms with E-state index in [2.05, 4.69) is 15.3 Å². The maximum absolute atomic E-state index is 12.3. The summed E-state index contributed by atoms with van der Waals surface area (Å²) in [6, 6.07) is 7.59. The fourth-order valence-electron chi connectivity index (χ4n) is 2.12. The van der Waals surface area contributed by atoms with Crippen LogP contribution in [0.25, 0.3) is 0 Å². The monoisotopic (exact) mass is 327 g/mol. The van der Waals surface area contributed by atoms with Gasteiger partial charge in [-0.2, -0.15) is 0 Å². The third-order valence-corrected chi connectivity index (χ3v) is 3.53. The van der Waals surface area contributed by atoms with Crippen LogP contribution >= 0.6 is 0 Å². The number of ether oxygens (including phenoxy) is 1. The Hall–Kier alpha value is -2.76. The lowest BCUT2D eigenvalue weighted by atomic mass is 10.1. The third-order valence-electron chi connectivity index (χ3n) is 3.53. The lowest BCUT2D eigenvalue weighted by Gasteiger charge is -2.11. The van der Waals surface area contributed by atoms with Gasteiger partial charge in [0.2, 0.25) is 0 Å². The van der Waals surface area contributed by atoms with Gasteiger partial charge in [-0.3, -0.25) is 9.59 Å². The van der Waals surface area contributed by atoms with Crippen LogP contribution in [0, 0.1) is 6.92 Å². The van der Waals surface area contributed by atoms with Crippen LogP contribution in [0.1, 0.15) is 41.5 Å². The van der Waals surface area contributed by atoms with Crippen molar-refractivity contribution < 1.29 is 14.3 Å². The van der Waals surface area contributed by atoms with Gasteiger partial charge in [0.05, 0.1) is 19.2 Å². The first-order chi connectivity index (χ1) is 11.5. The number of aryl methyl sites for hydroxylation is 1. The molecule has 0 radical (unpaired) electrons. The normalized spacial score (nSPS) is 10.3. The molecule has 0 aliphatic heterocycles. The molecular weight excluding hydrogens is 306 g/mol. The van der Waals surface area contributed by atoms with Gasteiger partial charge in [0.1, 0.15) is 17.2 Å². The number of nitrogens with one attached hydrogen (secondary N) is 1. The minimum atomic E-state index is -0.313. The lowest BCUT2D eigenvalue weighted by Crippen LogP contribution is -2.14. The topological polar surface area (TPSA) is 81.2 Å². The zero-order valence-electron chi connectivity index (χ0n) is 14.1. The molecule has 0 amide bonds. The maximum atomic E-state index is 12.3. The van der Waals surface area contributed by atoms with Crippen molar-refractivity contribution >= 4 is 17.4 Å². The van der Waals surface area contributed by atoms with Crippen molar-refractivity contribution in [2.24, 2.45) is 0 Å². The van der Waals surface area contributed by atoms with E-state index in [4.69, 9.17) is 4.74 Å². The quantitative estimate of drug-likeness (QED) is 0.593. The number of aromatic nitrogens is 2. The van der Waals surface area contributed by atoms with Gasteiger partial charge >= 0.3 is 0 Å². The molecule has 1 aromatic carbocycles. The fourth-order valence-corrected chi connectivity index (χ4v) is 2.12.